The van der Waals surface area contributed by atoms with Crippen molar-refractivity contribution in [1.29, 1.82) is 0 Å². The number of rotatable bonds is 4. The van der Waals surface area contributed by atoms with E-state index in [2.05, 4.69) is 10.4 Å². The topological polar surface area (TPSA) is 87.5 Å². The number of urea groups is 1. The second kappa shape index (κ2) is 6.15. The molecule has 0 radical (unpaired) electrons. The van der Waals surface area contributed by atoms with Crippen LogP contribution in [0, 0.1) is 5.41 Å². The summed E-state index contributed by atoms with van der Waals surface area (Å²) in [5.74, 6) is -0.813. The Labute approximate surface area is 123 Å². The number of aliphatic carboxylic acids is 1. The van der Waals surface area contributed by atoms with Gasteiger partial charge in [0.05, 0.1) is 17.7 Å². The highest BCUT2D eigenvalue weighted by Crippen LogP contribution is 2.33. The van der Waals surface area contributed by atoms with E-state index in [0.29, 0.717) is 25.9 Å². The summed E-state index contributed by atoms with van der Waals surface area (Å²) in [6, 6.07) is 1.61. The number of hydrogen-bond donors (Lipinski definition) is 2. The SMILES string of the molecule is CCC1(C(=O)O)CCCN(C(=O)NCc2ccn(C)n2)C1. The van der Waals surface area contributed by atoms with Gasteiger partial charge in [0.15, 0.2) is 0 Å². The lowest BCUT2D eigenvalue weighted by Crippen LogP contribution is -2.52. The van der Waals surface area contributed by atoms with Crippen LogP contribution < -0.4 is 5.32 Å². The van der Waals surface area contributed by atoms with Crippen LogP contribution in [0.5, 0.6) is 0 Å². The van der Waals surface area contributed by atoms with Crippen LogP contribution in [0.3, 0.4) is 0 Å². The molecular weight excluding hydrogens is 272 g/mol. The van der Waals surface area contributed by atoms with Crippen LogP contribution in [-0.2, 0) is 18.4 Å². The molecule has 0 spiro atoms. The first-order chi connectivity index (χ1) is 9.97. The van der Waals surface area contributed by atoms with Crippen molar-refractivity contribution in [1.82, 2.24) is 20.0 Å². The molecule has 1 atom stereocenters. The van der Waals surface area contributed by atoms with Gasteiger partial charge in [0.2, 0.25) is 0 Å². The minimum Gasteiger partial charge on any atom is -0.481 e. The van der Waals surface area contributed by atoms with E-state index in [-0.39, 0.29) is 12.6 Å². The molecule has 1 unspecified atom stereocenters. The molecule has 7 nitrogen and oxygen atoms in total. The van der Waals surface area contributed by atoms with Gasteiger partial charge >= 0.3 is 12.0 Å². The van der Waals surface area contributed by atoms with E-state index in [0.717, 1.165) is 12.1 Å². The molecule has 0 aromatic carbocycles. The summed E-state index contributed by atoms with van der Waals surface area (Å²) in [6.07, 6.45) is 3.70. The fourth-order valence-electron chi connectivity index (χ4n) is 2.75. The summed E-state index contributed by atoms with van der Waals surface area (Å²) in [4.78, 5) is 25.3. The van der Waals surface area contributed by atoms with Gasteiger partial charge in [-0.3, -0.25) is 9.48 Å². The van der Waals surface area contributed by atoms with Crippen molar-refractivity contribution in [3.8, 4) is 0 Å². The summed E-state index contributed by atoms with van der Waals surface area (Å²) < 4.78 is 1.68. The van der Waals surface area contributed by atoms with E-state index in [1.807, 2.05) is 26.2 Å². The van der Waals surface area contributed by atoms with Gasteiger partial charge in [0.25, 0.3) is 0 Å². The smallest absolute Gasteiger partial charge is 0.317 e. The van der Waals surface area contributed by atoms with Gasteiger partial charge in [0.1, 0.15) is 0 Å². The van der Waals surface area contributed by atoms with Crippen molar-refractivity contribution in [3.05, 3.63) is 18.0 Å². The highest BCUT2D eigenvalue weighted by atomic mass is 16.4. The van der Waals surface area contributed by atoms with Crippen LogP contribution in [0.4, 0.5) is 4.79 Å². The Morgan fingerprint density at radius 2 is 2.29 bits per heavy atom. The third kappa shape index (κ3) is 3.34. The molecule has 2 rings (SSSR count). The van der Waals surface area contributed by atoms with Crippen molar-refractivity contribution in [2.75, 3.05) is 13.1 Å². The summed E-state index contributed by atoms with van der Waals surface area (Å²) in [5.41, 5.74) is -0.0246. The van der Waals surface area contributed by atoms with E-state index >= 15 is 0 Å². The molecule has 2 amide bonds. The fraction of sp³-hybridized carbons (Fsp3) is 0.643. The van der Waals surface area contributed by atoms with Crippen LogP contribution in [0.25, 0.3) is 0 Å². The van der Waals surface area contributed by atoms with E-state index in [9.17, 15) is 14.7 Å². The predicted octanol–water partition coefficient (Wildman–Crippen LogP) is 1.21. The van der Waals surface area contributed by atoms with Crippen LogP contribution in [0.1, 0.15) is 31.9 Å². The fourth-order valence-corrected chi connectivity index (χ4v) is 2.75. The van der Waals surface area contributed by atoms with Gasteiger partial charge in [-0.15, -0.1) is 0 Å². The molecule has 0 bridgehead atoms. The maximum atomic E-state index is 12.2. The Morgan fingerprint density at radius 3 is 2.86 bits per heavy atom. The normalized spacial score (nSPS) is 22.1. The largest absolute Gasteiger partial charge is 0.481 e. The minimum atomic E-state index is -0.813. The maximum Gasteiger partial charge on any atom is 0.317 e. The molecule has 2 N–H and O–H groups in total. The van der Waals surface area contributed by atoms with E-state index in [1.165, 1.54) is 0 Å². The third-order valence-corrected chi connectivity index (χ3v) is 4.18. The van der Waals surface area contributed by atoms with Crippen LogP contribution in [0.2, 0.25) is 0 Å². The Hall–Kier alpha value is -2.05. The number of amides is 2. The second-order valence-electron chi connectivity index (χ2n) is 5.60. The molecule has 1 saturated heterocycles. The van der Waals surface area contributed by atoms with Crippen LogP contribution >= 0.6 is 0 Å². The van der Waals surface area contributed by atoms with E-state index in [1.54, 1.807) is 9.58 Å². The standard InChI is InChI=1S/C14H22N4O3/c1-3-14(12(19)20)6-4-7-18(10-14)13(21)15-9-11-5-8-17(2)16-11/h5,8H,3-4,6-7,9-10H2,1-2H3,(H,15,21)(H,19,20). The molecule has 21 heavy (non-hydrogen) atoms. The van der Waals surface area contributed by atoms with Gasteiger partial charge in [-0.05, 0) is 25.3 Å². The van der Waals surface area contributed by atoms with E-state index in [4.69, 9.17) is 0 Å². The number of carboxylic acids is 1. The number of carbonyl (C=O) groups is 2. The number of nitrogens with one attached hydrogen (secondary N) is 1. The monoisotopic (exact) mass is 294 g/mol. The van der Waals surface area contributed by atoms with Gasteiger partial charge < -0.3 is 15.3 Å². The van der Waals surface area contributed by atoms with Gasteiger partial charge in [0, 0.05) is 26.3 Å². The average molecular weight is 294 g/mol. The lowest BCUT2D eigenvalue weighted by Gasteiger charge is -2.39. The van der Waals surface area contributed by atoms with Crippen LogP contribution in [-0.4, -0.2) is 44.9 Å². The lowest BCUT2D eigenvalue weighted by molar-refractivity contribution is -0.152. The number of carbonyl (C=O) groups excluding carboxylic acids is 1. The first kappa shape index (κ1) is 15.3. The Balaban J connectivity index is 1.94. The number of hydrogen-bond acceptors (Lipinski definition) is 3. The number of nitrogens with zero attached hydrogens (tertiary/aromatic N) is 3. The average Bonchev–Trinajstić information content (AvgIpc) is 2.90. The van der Waals surface area contributed by atoms with Gasteiger partial charge in [-0.2, -0.15) is 5.10 Å². The molecule has 0 saturated carbocycles. The molecule has 1 aromatic rings. The quantitative estimate of drug-likeness (QED) is 0.873. The van der Waals surface area contributed by atoms with Crippen molar-refractivity contribution < 1.29 is 14.7 Å². The second-order valence-corrected chi connectivity index (χ2v) is 5.60. The summed E-state index contributed by atoms with van der Waals surface area (Å²) in [7, 11) is 1.82. The number of piperidine rings is 1. The molecule has 1 aliphatic rings. The lowest BCUT2D eigenvalue weighted by atomic mass is 9.78. The van der Waals surface area contributed by atoms with Crippen molar-refractivity contribution in [3.63, 3.8) is 0 Å². The predicted molar refractivity (Wildman–Crippen MR) is 76.6 cm³/mol. The third-order valence-electron chi connectivity index (χ3n) is 4.18. The van der Waals surface area contributed by atoms with Crippen molar-refractivity contribution in [2.45, 2.75) is 32.7 Å². The summed E-state index contributed by atoms with van der Waals surface area (Å²) >= 11 is 0. The number of aryl methyl sites for hydroxylation is 1. The molecule has 116 valence electrons. The molecule has 1 fully saturated rings. The van der Waals surface area contributed by atoms with Crippen molar-refractivity contribution in [2.24, 2.45) is 12.5 Å². The molecule has 0 aliphatic carbocycles. The van der Waals surface area contributed by atoms with Gasteiger partial charge in [-0.25, -0.2) is 4.79 Å². The molecule has 1 aromatic heterocycles. The highest BCUT2D eigenvalue weighted by molar-refractivity contribution is 5.78. The highest BCUT2D eigenvalue weighted by Gasteiger charge is 2.42. The Morgan fingerprint density at radius 1 is 1.52 bits per heavy atom. The maximum absolute atomic E-state index is 12.2. The molecule has 1 aliphatic heterocycles. The zero-order valence-electron chi connectivity index (χ0n) is 12.5. The van der Waals surface area contributed by atoms with Crippen molar-refractivity contribution >= 4 is 12.0 Å². The number of carboxylic acid groups (broad SMARTS) is 1. The number of likely N-dealkylation sites (tertiary alicyclic amines) is 1. The van der Waals surface area contributed by atoms with E-state index < -0.39 is 11.4 Å². The summed E-state index contributed by atoms with van der Waals surface area (Å²) in [5, 5.41) is 16.4. The molecular formula is C14H22N4O3. The first-order valence-electron chi connectivity index (χ1n) is 7.21. The Bertz CT molecular complexity index is 528. The molecule has 2 heterocycles. The zero-order chi connectivity index (χ0) is 15.5. The van der Waals surface area contributed by atoms with Crippen LogP contribution in [0.15, 0.2) is 12.3 Å². The first-order valence-corrected chi connectivity index (χ1v) is 7.21. The molecule has 7 heteroatoms. The summed E-state index contributed by atoms with van der Waals surface area (Å²) in [6.45, 7) is 3.09. The number of aromatic nitrogens is 2. The zero-order valence-corrected chi connectivity index (χ0v) is 12.5. The Kier molecular flexibility index (Phi) is 4.50. The minimum absolute atomic E-state index is 0.223. The van der Waals surface area contributed by atoms with Gasteiger partial charge in [-0.1, -0.05) is 6.92 Å².